The molecule has 0 aliphatic carbocycles. The predicted molar refractivity (Wildman–Crippen MR) is 63.3 cm³/mol. The van der Waals surface area contributed by atoms with Gasteiger partial charge in [-0.2, -0.15) is 0 Å². The molecule has 0 fully saturated rings. The van der Waals surface area contributed by atoms with Gasteiger partial charge in [0.25, 0.3) is 0 Å². The third-order valence-electron chi connectivity index (χ3n) is 2.61. The smallest absolute Gasteiger partial charge is 0.170 e. The van der Waals surface area contributed by atoms with E-state index in [0.717, 1.165) is 0 Å². The van der Waals surface area contributed by atoms with Gasteiger partial charge < -0.3 is 20.7 Å². The molecule has 0 bridgehead atoms. The van der Waals surface area contributed by atoms with E-state index in [2.05, 4.69) is 0 Å². The molecule has 1 atom stereocenters. The molecule has 17 heavy (non-hydrogen) atoms. The average molecular weight is 243 g/mol. The molecule has 0 aliphatic heterocycles. The summed E-state index contributed by atoms with van der Waals surface area (Å²) in [5, 5.41) is 19.0. The molecule has 1 unspecified atom stereocenters. The highest BCUT2D eigenvalue weighted by molar-refractivity contribution is 5.50. The Morgan fingerprint density at radius 2 is 2.06 bits per heavy atom. The van der Waals surface area contributed by atoms with Crippen LogP contribution in [0, 0.1) is 12.7 Å². The first kappa shape index (κ1) is 13.7. The Morgan fingerprint density at radius 3 is 2.59 bits per heavy atom. The fourth-order valence-corrected chi connectivity index (χ4v) is 1.16. The lowest BCUT2D eigenvalue weighted by molar-refractivity contribution is -0.0665. The number of nitrogen functional groups attached to an aromatic ring is 1. The molecule has 0 heterocycles. The molecule has 1 aromatic rings. The topological polar surface area (TPSA) is 75.7 Å². The van der Waals surface area contributed by atoms with Crippen LogP contribution in [0.5, 0.6) is 5.75 Å². The molecule has 0 aromatic heterocycles. The number of benzene rings is 1. The Hall–Kier alpha value is -1.33. The second-order valence-corrected chi connectivity index (χ2v) is 4.57. The van der Waals surface area contributed by atoms with Crippen LogP contribution in [-0.4, -0.2) is 28.5 Å². The van der Waals surface area contributed by atoms with E-state index in [4.69, 9.17) is 10.5 Å². The number of halogens is 1. The van der Waals surface area contributed by atoms with E-state index in [1.807, 2.05) is 0 Å². The molecule has 0 saturated heterocycles. The maximum absolute atomic E-state index is 13.7. The largest absolute Gasteiger partial charge is 0.488 e. The SMILES string of the molecule is Cc1c(N)ccc(OCC(O)C(C)(C)O)c1F. The van der Waals surface area contributed by atoms with E-state index in [1.54, 1.807) is 6.92 Å². The van der Waals surface area contributed by atoms with Gasteiger partial charge in [-0.15, -0.1) is 0 Å². The van der Waals surface area contributed by atoms with Gasteiger partial charge in [0.05, 0.1) is 5.60 Å². The molecule has 1 aromatic carbocycles. The Morgan fingerprint density at radius 1 is 1.47 bits per heavy atom. The summed E-state index contributed by atoms with van der Waals surface area (Å²) in [4.78, 5) is 0. The van der Waals surface area contributed by atoms with Crippen molar-refractivity contribution in [2.75, 3.05) is 12.3 Å². The first-order valence-electron chi connectivity index (χ1n) is 5.31. The van der Waals surface area contributed by atoms with Crippen LogP contribution in [0.1, 0.15) is 19.4 Å². The Balaban J connectivity index is 2.74. The van der Waals surface area contributed by atoms with Crippen molar-refractivity contribution in [3.05, 3.63) is 23.5 Å². The molecule has 4 N–H and O–H groups in total. The van der Waals surface area contributed by atoms with Crippen molar-refractivity contribution in [2.45, 2.75) is 32.5 Å². The number of anilines is 1. The number of aliphatic hydroxyl groups excluding tert-OH is 1. The van der Waals surface area contributed by atoms with Gasteiger partial charge in [0.1, 0.15) is 12.7 Å². The lowest BCUT2D eigenvalue weighted by atomic mass is 10.0. The van der Waals surface area contributed by atoms with E-state index < -0.39 is 17.5 Å². The van der Waals surface area contributed by atoms with Crippen molar-refractivity contribution in [3.63, 3.8) is 0 Å². The molecule has 96 valence electrons. The van der Waals surface area contributed by atoms with Crippen molar-refractivity contribution in [3.8, 4) is 5.75 Å². The van der Waals surface area contributed by atoms with Gasteiger partial charge in [0, 0.05) is 11.3 Å². The van der Waals surface area contributed by atoms with Gasteiger partial charge in [0.15, 0.2) is 11.6 Å². The Kier molecular flexibility index (Phi) is 3.95. The zero-order chi connectivity index (χ0) is 13.2. The van der Waals surface area contributed by atoms with E-state index in [-0.39, 0.29) is 12.4 Å². The summed E-state index contributed by atoms with van der Waals surface area (Å²) in [6, 6.07) is 2.93. The standard InChI is InChI=1S/C12H18FNO3/c1-7-8(14)4-5-9(11(7)13)17-6-10(15)12(2,3)16/h4-5,10,15-16H,6,14H2,1-3H3. The Labute approximate surface area is 99.8 Å². The monoisotopic (exact) mass is 243 g/mol. The average Bonchev–Trinajstić information content (AvgIpc) is 2.23. The zero-order valence-corrected chi connectivity index (χ0v) is 10.2. The highest BCUT2D eigenvalue weighted by Gasteiger charge is 2.25. The lowest BCUT2D eigenvalue weighted by Gasteiger charge is -2.24. The molecule has 4 nitrogen and oxygen atoms in total. The second-order valence-electron chi connectivity index (χ2n) is 4.57. The van der Waals surface area contributed by atoms with Gasteiger partial charge in [-0.05, 0) is 32.9 Å². The maximum atomic E-state index is 13.7. The van der Waals surface area contributed by atoms with Crippen molar-refractivity contribution in [1.29, 1.82) is 0 Å². The Bertz CT molecular complexity index is 401. The van der Waals surface area contributed by atoms with Crippen LogP contribution in [-0.2, 0) is 0 Å². The molecule has 0 spiro atoms. The summed E-state index contributed by atoms with van der Waals surface area (Å²) in [6.07, 6.45) is -1.10. The van der Waals surface area contributed by atoms with Gasteiger partial charge in [0.2, 0.25) is 0 Å². The van der Waals surface area contributed by atoms with Crippen LogP contribution < -0.4 is 10.5 Å². The normalized spacial score (nSPS) is 13.5. The summed E-state index contributed by atoms with van der Waals surface area (Å²) >= 11 is 0. The number of ether oxygens (including phenoxy) is 1. The van der Waals surface area contributed by atoms with E-state index in [9.17, 15) is 14.6 Å². The number of hydrogen-bond donors (Lipinski definition) is 3. The van der Waals surface area contributed by atoms with E-state index in [0.29, 0.717) is 11.3 Å². The van der Waals surface area contributed by atoms with Gasteiger partial charge in [-0.25, -0.2) is 4.39 Å². The summed E-state index contributed by atoms with van der Waals surface area (Å²) in [6.45, 7) is 4.25. The van der Waals surface area contributed by atoms with Crippen LogP contribution in [0.25, 0.3) is 0 Å². The highest BCUT2D eigenvalue weighted by atomic mass is 19.1. The molecular weight excluding hydrogens is 225 g/mol. The van der Waals surface area contributed by atoms with Crippen molar-refractivity contribution >= 4 is 5.69 Å². The third-order valence-corrected chi connectivity index (χ3v) is 2.61. The number of hydrogen-bond acceptors (Lipinski definition) is 4. The van der Waals surface area contributed by atoms with Crippen molar-refractivity contribution in [2.24, 2.45) is 0 Å². The molecule has 5 heteroatoms. The fraction of sp³-hybridized carbons (Fsp3) is 0.500. The summed E-state index contributed by atoms with van der Waals surface area (Å²) in [5.41, 5.74) is 4.89. The van der Waals surface area contributed by atoms with Crippen LogP contribution in [0.15, 0.2) is 12.1 Å². The summed E-state index contributed by atoms with van der Waals surface area (Å²) < 4.78 is 18.8. The summed E-state index contributed by atoms with van der Waals surface area (Å²) in [5.74, 6) is -0.534. The zero-order valence-electron chi connectivity index (χ0n) is 10.2. The molecule has 0 radical (unpaired) electrons. The summed E-state index contributed by atoms with van der Waals surface area (Å²) in [7, 11) is 0. The maximum Gasteiger partial charge on any atom is 0.170 e. The first-order chi connectivity index (χ1) is 7.73. The minimum Gasteiger partial charge on any atom is -0.488 e. The fourth-order valence-electron chi connectivity index (χ4n) is 1.16. The molecule has 1 rings (SSSR count). The minimum atomic E-state index is -1.29. The van der Waals surface area contributed by atoms with Crippen LogP contribution in [0.2, 0.25) is 0 Å². The number of rotatable bonds is 4. The second kappa shape index (κ2) is 4.89. The van der Waals surface area contributed by atoms with Gasteiger partial charge >= 0.3 is 0 Å². The van der Waals surface area contributed by atoms with Gasteiger partial charge in [-0.3, -0.25) is 0 Å². The van der Waals surface area contributed by atoms with E-state index >= 15 is 0 Å². The van der Waals surface area contributed by atoms with Gasteiger partial charge in [-0.1, -0.05) is 0 Å². The van der Waals surface area contributed by atoms with E-state index in [1.165, 1.54) is 26.0 Å². The van der Waals surface area contributed by atoms with Crippen LogP contribution in [0.4, 0.5) is 10.1 Å². The third kappa shape index (κ3) is 3.31. The number of aliphatic hydroxyl groups is 2. The number of nitrogens with two attached hydrogens (primary N) is 1. The van der Waals surface area contributed by atoms with Crippen LogP contribution in [0.3, 0.4) is 0 Å². The van der Waals surface area contributed by atoms with Crippen molar-refractivity contribution < 1.29 is 19.3 Å². The van der Waals surface area contributed by atoms with Crippen LogP contribution >= 0.6 is 0 Å². The molecular formula is C12H18FNO3. The minimum absolute atomic E-state index is 0.0139. The highest BCUT2D eigenvalue weighted by Crippen LogP contribution is 2.25. The van der Waals surface area contributed by atoms with Crippen molar-refractivity contribution in [1.82, 2.24) is 0 Å². The quantitative estimate of drug-likeness (QED) is 0.695. The molecule has 0 saturated carbocycles. The molecule has 0 amide bonds. The molecule has 0 aliphatic rings. The first-order valence-corrected chi connectivity index (χ1v) is 5.31. The lowest BCUT2D eigenvalue weighted by Crippen LogP contribution is -2.40. The predicted octanol–water partition coefficient (Wildman–Crippen LogP) is 1.23.